The zero-order valence-electron chi connectivity index (χ0n) is 13.5. The topological polar surface area (TPSA) is 30.5 Å². The fourth-order valence-electron chi connectivity index (χ4n) is 1.85. The monoisotopic (exact) mass is 279 g/mol. The van der Waals surface area contributed by atoms with Crippen LogP contribution in [-0.2, 0) is 0 Å². The molecule has 1 N–H and O–H groups in total. The minimum atomic E-state index is 0.108. The van der Waals surface area contributed by atoms with Crippen LogP contribution in [0.2, 0.25) is 0 Å². The van der Waals surface area contributed by atoms with Gasteiger partial charge in [0.2, 0.25) is 0 Å². The van der Waals surface area contributed by atoms with Crippen molar-refractivity contribution in [1.29, 1.82) is 0 Å². The summed E-state index contributed by atoms with van der Waals surface area (Å²) in [4.78, 5) is 0. The summed E-state index contributed by atoms with van der Waals surface area (Å²) in [6, 6.07) is 7.83. The first kappa shape index (κ1) is 16.8. The molecule has 0 aliphatic heterocycles. The maximum Gasteiger partial charge on any atom is 0.123 e. The fourth-order valence-corrected chi connectivity index (χ4v) is 1.85. The molecular formula is C17H29NO2. The van der Waals surface area contributed by atoms with Crippen molar-refractivity contribution in [2.45, 2.75) is 34.6 Å². The van der Waals surface area contributed by atoms with Gasteiger partial charge >= 0.3 is 0 Å². The quantitative estimate of drug-likeness (QED) is 0.747. The van der Waals surface area contributed by atoms with Crippen LogP contribution in [0.3, 0.4) is 0 Å². The van der Waals surface area contributed by atoms with Crippen LogP contribution in [-0.4, -0.2) is 26.3 Å². The highest BCUT2D eigenvalue weighted by molar-refractivity contribution is 5.32. The SMILES string of the molecule is CCOc1cccc(OCC(C)(C)CNCC(C)C)c1. The minimum Gasteiger partial charge on any atom is -0.494 e. The third kappa shape index (κ3) is 6.80. The summed E-state index contributed by atoms with van der Waals surface area (Å²) in [6.07, 6.45) is 0. The molecule has 0 unspecified atom stereocenters. The summed E-state index contributed by atoms with van der Waals surface area (Å²) in [5, 5.41) is 3.49. The van der Waals surface area contributed by atoms with E-state index < -0.39 is 0 Å². The maximum atomic E-state index is 5.90. The summed E-state index contributed by atoms with van der Waals surface area (Å²) in [5.41, 5.74) is 0.108. The number of hydrogen-bond donors (Lipinski definition) is 1. The van der Waals surface area contributed by atoms with Gasteiger partial charge in [0, 0.05) is 18.0 Å². The highest BCUT2D eigenvalue weighted by Gasteiger charge is 2.18. The molecule has 1 aromatic rings. The van der Waals surface area contributed by atoms with E-state index in [0.29, 0.717) is 19.1 Å². The second-order valence-electron chi connectivity index (χ2n) is 6.39. The molecule has 0 saturated carbocycles. The zero-order chi connectivity index (χ0) is 15.0. The van der Waals surface area contributed by atoms with Gasteiger partial charge in [0.05, 0.1) is 13.2 Å². The standard InChI is InChI=1S/C17H29NO2/c1-6-19-15-8-7-9-16(10-15)20-13-17(4,5)12-18-11-14(2)3/h7-10,14,18H,6,11-13H2,1-5H3. The van der Waals surface area contributed by atoms with E-state index in [9.17, 15) is 0 Å². The summed E-state index contributed by atoms with van der Waals surface area (Å²) >= 11 is 0. The Morgan fingerprint density at radius 3 is 2.40 bits per heavy atom. The van der Waals surface area contributed by atoms with Crippen LogP contribution in [0.1, 0.15) is 34.6 Å². The Morgan fingerprint density at radius 2 is 1.80 bits per heavy atom. The summed E-state index contributed by atoms with van der Waals surface area (Å²) in [7, 11) is 0. The van der Waals surface area contributed by atoms with Gasteiger partial charge in [0.1, 0.15) is 11.5 Å². The lowest BCUT2D eigenvalue weighted by Crippen LogP contribution is -2.35. The molecule has 0 atom stereocenters. The largest absolute Gasteiger partial charge is 0.494 e. The van der Waals surface area contributed by atoms with E-state index in [1.807, 2.05) is 31.2 Å². The molecule has 0 amide bonds. The molecule has 3 heteroatoms. The molecule has 0 bridgehead atoms. The molecule has 0 aliphatic rings. The van der Waals surface area contributed by atoms with Crippen LogP contribution in [0.5, 0.6) is 11.5 Å². The van der Waals surface area contributed by atoms with Crippen molar-refractivity contribution >= 4 is 0 Å². The van der Waals surface area contributed by atoms with Crippen LogP contribution in [0.4, 0.5) is 0 Å². The summed E-state index contributed by atoms with van der Waals surface area (Å²) in [6.45, 7) is 14.2. The van der Waals surface area contributed by atoms with E-state index in [2.05, 4.69) is 33.0 Å². The second-order valence-corrected chi connectivity index (χ2v) is 6.39. The van der Waals surface area contributed by atoms with E-state index in [1.54, 1.807) is 0 Å². The van der Waals surface area contributed by atoms with Crippen LogP contribution < -0.4 is 14.8 Å². The molecule has 20 heavy (non-hydrogen) atoms. The van der Waals surface area contributed by atoms with Crippen LogP contribution in [0.25, 0.3) is 0 Å². The zero-order valence-corrected chi connectivity index (χ0v) is 13.5. The Bertz CT molecular complexity index is 388. The molecule has 1 aromatic carbocycles. The predicted molar refractivity (Wildman–Crippen MR) is 84.6 cm³/mol. The summed E-state index contributed by atoms with van der Waals surface area (Å²) < 4.78 is 11.4. The fraction of sp³-hybridized carbons (Fsp3) is 0.647. The Kier molecular flexibility index (Phi) is 6.86. The minimum absolute atomic E-state index is 0.108. The molecular weight excluding hydrogens is 250 g/mol. The van der Waals surface area contributed by atoms with Crippen LogP contribution in [0, 0.1) is 11.3 Å². The third-order valence-electron chi connectivity index (χ3n) is 2.90. The third-order valence-corrected chi connectivity index (χ3v) is 2.90. The number of hydrogen-bond acceptors (Lipinski definition) is 3. The van der Waals surface area contributed by atoms with E-state index in [-0.39, 0.29) is 5.41 Å². The lowest BCUT2D eigenvalue weighted by molar-refractivity contribution is 0.174. The first-order valence-electron chi connectivity index (χ1n) is 7.49. The predicted octanol–water partition coefficient (Wildman–Crippen LogP) is 3.74. The lowest BCUT2D eigenvalue weighted by Gasteiger charge is -2.25. The van der Waals surface area contributed by atoms with E-state index >= 15 is 0 Å². The van der Waals surface area contributed by atoms with Gasteiger partial charge in [-0.05, 0) is 31.5 Å². The van der Waals surface area contributed by atoms with Crippen molar-refractivity contribution in [2.24, 2.45) is 11.3 Å². The molecule has 1 rings (SSSR count). The molecule has 0 fully saturated rings. The van der Waals surface area contributed by atoms with E-state index in [0.717, 1.165) is 24.6 Å². The van der Waals surface area contributed by atoms with Gasteiger partial charge in [-0.3, -0.25) is 0 Å². The number of nitrogens with one attached hydrogen (secondary N) is 1. The van der Waals surface area contributed by atoms with Crippen molar-refractivity contribution in [3.8, 4) is 11.5 Å². The van der Waals surface area contributed by atoms with Gasteiger partial charge in [-0.25, -0.2) is 0 Å². The van der Waals surface area contributed by atoms with Crippen molar-refractivity contribution < 1.29 is 9.47 Å². The first-order valence-corrected chi connectivity index (χ1v) is 7.49. The summed E-state index contributed by atoms with van der Waals surface area (Å²) in [5.74, 6) is 2.41. The molecule has 0 heterocycles. The Hall–Kier alpha value is -1.22. The van der Waals surface area contributed by atoms with Gasteiger partial charge in [-0.2, -0.15) is 0 Å². The molecule has 0 spiro atoms. The van der Waals surface area contributed by atoms with Crippen LogP contribution >= 0.6 is 0 Å². The second kappa shape index (κ2) is 8.15. The number of ether oxygens (including phenoxy) is 2. The molecule has 3 nitrogen and oxygen atoms in total. The first-order chi connectivity index (χ1) is 9.43. The number of benzene rings is 1. The lowest BCUT2D eigenvalue weighted by atomic mass is 9.94. The molecule has 0 aromatic heterocycles. The van der Waals surface area contributed by atoms with E-state index in [4.69, 9.17) is 9.47 Å². The molecule has 0 saturated heterocycles. The molecule has 0 aliphatic carbocycles. The van der Waals surface area contributed by atoms with E-state index in [1.165, 1.54) is 0 Å². The average Bonchev–Trinajstić information content (AvgIpc) is 2.37. The van der Waals surface area contributed by atoms with Gasteiger partial charge in [-0.15, -0.1) is 0 Å². The highest BCUT2D eigenvalue weighted by atomic mass is 16.5. The highest BCUT2D eigenvalue weighted by Crippen LogP contribution is 2.22. The molecule has 0 radical (unpaired) electrons. The smallest absolute Gasteiger partial charge is 0.123 e. The normalized spacial score (nSPS) is 11.7. The van der Waals surface area contributed by atoms with Gasteiger partial charge < -0.3 is 14.8 Å². The van der Waals surface area contributed by atoms with Crippen molar-refractivity contribution in [1.82, 2.24) is 5.32 Å². The Balaban J connectivity index is 2.42. The molecule has 114 valence electrons. The Labute approximate surface area is 123 Å². The Morgan fingerprint density at radius 1 is 1.15 bits per heavy atom. The number of rotatable bonds is 9. The van der Waals surface area contributed by atoms with Gasteiger partial charge in [0.15, 0.2) is 0 Å². The van der Waals surface area contributed by atoms with Crippen molar-refractivity contribution in [3.63, 3.8) is 0 Å². The van der Waals surface area contributed by atoms with Gasteiger partial charge in [-0.1, -0.05) is 33.8 Å². The van der Waals surface area contributed by atoms with Crippen LogP contribution in [0.15, 0.2) is 24.3 Å². The van der Waals surface area contributed by atoms with Gasteiger partial charge in [0.25, 0.3) is 0 Å². The van der Waals surface area contributed by atoms with Crippen molar-refractivity contribution in [3.05, 3.63) is 24.3 Å². The maximum absolute atomic E-state index is 5.90. The van der Waals surface area contributed by atoms with Crippen molar-refractivity contribution in [2.75, 3.05) is 26.3 Å². The average molecular weight is 279 g/mol.